The number of nitrogens with zero attached hydrogens (tertiary/aromatic N) is 7. The van der Waals surface area contributed by atoms with Crippen LogP contribution in [0.15, 0.2) is 56.0 Å². The van der Waals surface area contributed by atoms with Crippen LogP contribution >= 0.6 is 0 Å². The zero-order chi connectivity index (χ0) is 24.5. The summed E-state index contributed by atoms with van der Waals surface area (Å²) in [6.07, 6.45) is 0.514. The Hall–Kier alpha value is -4.34. The fraction of sp³-hybridized carbons (Fsp3) is 0.278. The molecule has 1 unspecified atom stereocenters. The van der Waals surface area contributed by atoms with Crippen LogP contribution in [0.2, 0.25) is 0 Å². The highest BCUT2D eigenvalue weighted by molar-refractivity contribution is 7.91. The molecule has 0 saturated heterocycles. The van der Waals surface area contributed by atoms with Gasteiger partial charge in [-0.05, 0) is 24.0 Å². The van der Waals surface area contributed by atoms with E-state index in [0.29, 0.717) is 0 Å². The number of esters is 1. The average Bonchev–Trinajstić information content (AvgIpc) is 3.41. The van der Waals surface area contributed by atoms with E-state index in [1.54, 1.807) is 13.0 Å². The van der Waals surface area contributed by atoms with Gasteiger partial charge in [-0.3, -0.25) is 4.63 Å². The van der Waals surface area contributed by atoms with Crippen molar-refractivity contribution < 1.29 is 32.2 Å². The molecule has 0 N–H and O–H groups in total. The van der Waals surface area contributed by atoms with E-state index in [1.807, 2.05) is 0 Å². The minimum absolute atomic E-state index is 0.0603. The molecule has 0 bridgehead atoms. The zero-order valence-corrected chi connectivity index (χ0v) is 18.6. The smallest absolute Gasteiger partial charge is 0.414 e. The maximum atomic E-state index is 12.7. The van der Waals surface area contributed by atoms with Gasteiger partial charge in [0.15, 0.2) is 11.3 Å². The van der Waals surface area contributed by atoms with Crippen LogP contribution in [0.1, 0.15) is 23.8 Å². The van der Waals surface area contributed by atoms with Crippen LogP contribution in [0.4, 0.5) is 0 Å². The molecule has 0 spiro atoms. The first-order valence-electron chi connectivity index (χ1n) is 9.71. The van der Waals surface area contributed by atoms with E-state index in [1.165, 1.54) is 31.3 Å². The molecule has 0 radical (unpaired) electrons. The topological polar surface area (TPSA) is 188 Å². The van der Waals surface area contributed by atoms with Gasteiger partial charge in [-0.2, -0.15) is 4.68 Å². The highest BCUT2D eigenvalue weighted by Gasteiger charge is 2.35. The van der Waals surface area contributed by atoms with E-state index < -0.39 is 38.5 Å². The molecule has 0 amide bonds. The van der Waals surface area contributed by atoms with Gasteiger partial charge in [0.05, 0.1) is 16.7 Å². The van der Waals surface area contributed by atoms with E-state index in [0.717, 1.165) is 15.4 Å². The Balaban J connectivity index is 1.41. The predicted molar refractivity (Wildman–Crippen MR) is 108 cm³/mol. The van der Waals surface area contributed by atoms with Gasteiger partial charge in [-0.1, -0.05) is 23.4 Å². The Labute approximate surface area is 190 Å². The minimum Gasteiger partial charge on any atom is -0.458 e. The van der Waals surface area contributed by atoms with Crippen LogP contribution in [-0.4, -0.2) is 56.6 Å². The molecule has 3 heterocycles. The van der Waals surface area contributed by atoms with E-state index in [4.69, 9.17) is 9.47 Å². The van der Waals surface area contributed by atoms with E-state index in [-0.39, 0.29) is 34.2 Å². The number of hydrogen-bond acceptors (Lipinski definition) is 12. The number of ether oxygens (including phenoxy) is 2. The summed E-state index contributed by atoms with van der Waals surface area (Å²) in [5.74, 6) is -1.37. The Bertz CT molecular complexity index is 1510. The van der Waals surface area contributed by atoms with Gasteiger partial charge in [0.25, 0.3) is 9.84 Å². The molecule has 1 aromatic carbocycles. The minimum atomic E-state index is -4.25. The van der Waals surface area contributed by atoms with Gasteiger partial charge in [0.1, 0.15) is 12.4 Å². The highest BCUT2D eigenvalue weighted by atomic mass is 32.2. The third kappa shape index (κ3) is 4.17. The standard InChI is InChI=1S/C18H17N7O8S/c1-11(32-17(26)13-14-20-22-23(2)18(27)24(14)10-19-13)8-9-31-15-16(25(28)33-21-15)34(29,30)12-6-4-3-5-7-12/h3-7,10-11H,8-9H2,1-2H3. The lowest BCUT2D eigenvalue weighted by molar-refractivity contribution is -0.832. The van der Waals surface area contributed by atoms with Gasteiger partial charge in [0.2, 0.25) is 0 Å². The van der Waals surface area contributed by atoms with Gasteiger partial charge in [0, 0.05) is 13.5 Å². The third-order valence-electron chi connectivity index (χ3n) is 4.62. The van der Waals surface area contributed by atoms with Crippen LogP contribution in [0.5, 0.6) is 5.88 Å². The number of sulfone groups is 1. The number of carbonyl (C=O) groups is 1. The average molecular weight is 491 g/mol. The molecule has 3 aromatic heterocycles. The first-order valence-corrected chi connectivity index (χ1v) is 11.2. The normalized spacial score (nSPS) is 12.5. The Morgan fingerprint density at radius 2 is 2.03 bits per heavy atom. The SMILES string of the molecule is CC(CCOc1no[n+]([O-])c1S(=O)(=O)c1ccccc1)OC(=O)c1ncn2c(=O)n(C)nnc12. The molecule has 0 fully saturated rings. The number of carbonyl (C=O) groups excluding carboxylic acids is 1. The molecule has 0 saturated carbocycles. The number of hydrogen-bond donors (Lipinski definition) is 0. The molecule has 0 aliphatic carbocycles. The van der Waals surface area contributed by atoms with Crippen molar-refractivity contribution in [1.29, 1.82) is 0 Å². The van der Waals surface area contributed by atoms with Gasteiger partial charge < -0.3 is 14.7 Å². The monoisotopic (exact) mass is 491 g/mol. The van der Waals surface area contributed by atoms with Crippen LogP contribution in [0, 0.1) is 5.21 Å². The second kappa shape index (κ2) is 8.89. The van der Waals surface area contributed by atoms with Crippen LogP contribution in [-0.2, 0) is 21.6 Å². The number of aromatic nitrogens is 7. The van der Waals surface area contributed by atoms with Crippen molar-refractivity contribution in [3.8, 4) is 5.88 Å². The lowest BCUT2D eigenvalue weighted by Crippen LogP contribution is -2.31. The first-order chi connectivity index (χ1) is 16.2. The summed E-state index contributed by atoms with van der Waals surface area (Å²) in [6.45, 7) is 1.39. The summed E-state index contributed by atoms with van der Waals surface area (Å²) >= 11 is 0. The molecule has 0 aliphatic heterocycles. The summed E-state index contributed by atoms with van der Waals surface area (Å²) in [5, 5.41) is 21.8. The number of benzene rings is 1. The summed E-state index contributed by atoms with van der Waals surface area (Å²) in [6, 6.07) is 7.25. The van der Waals surface area contributed by atoms with E-state index >= 15 is 0 Å². The van der Waals surface area contributed by atoms with Crippen LogP contribution in [0.3, 0.4) is 0 Å². The molecule has 0 aliphatic rings. The van der Waals surface area contributed by atoms with Crippen molar-refractivity contribution in [2.24, 2.45) is 7.05 Å². The molecular formula is C18H17N7O8S. The number of imidazole rings is 1. The summed E-state index contributed by atoms with van der Waals surface area (Å²) < 4.78 is 42.5. The second-order valence-electron chi connectivity index (χ2n) is 6.99. The third-order valence-corrected chi connectivity index (χ3v) is 6.34. The quantitative estimate of drug-likeness (QED) is 0.223. The molecule has 34 heavy (non-hydrogen) atoms. The first kappa shape index (κ1) is 22.8. The van der Waals surface area contributed by atoms with Crippen molar-refractivity contribution in [2.45, 2.75) is 29.4 Å². The zero-order valence-electron chi connectivity index (χ0n) is 17.8. The second-order valence-corrected chi connectivity index (χ2v) is 8.86. The molecule has 16 heteroatoms. The Morgan fingerprint density at radius 3 is 2.76 bits per heavy atom. The molecule has 4 rings (SSSR count). The van der Waals surface area contributed by atoms with Gasteiger partial charge in [-0.15, -0.1) is 5.10 Å². The van der Waals surface area contributed by atoms with E-state index in [2.05, 4.69) is 25.1 Å². The van der Waals surface area contributed by atoms with Crippen molar-refractivity contribution in [3.05, 3.63) is 58.0 Å². The maximum Gasteiger partial charge on any atom is 0.414 e. The fourth-order valence-electron chi connectivity index (χ4n) is 2.88. The Morgan fingerprint density at radius 1 is 1.29 bits per heavy atom. The van der Waals surface area contributed by atoms with Crippen molar-refractivity contribution in [2.75, 3.05) is 6.61 Å². The largest absolute Gasteiger partial charge is 0.458 e. The number of rotatable bonds is 8. The number of aryl methyl sites for hydroxylation is 1. The molecule has 178 valence electrons. The lowest BCUT2D eigenvalue weighted by atomic mass is 10.3. The van der Waals surface area contributed by atoms with Gasteiger partial charge in [-0.25, -0.2) is 27.4 Å². The van der Waals surface area contributed by atoms with Crippen LogP contribution in [0.25, 0.3) is 5.65 Å². The Kier molecular flexibility index (Phi) is 5.97. The highest BCUT2D eigenvalue weighted by Crippen LogP contribution is 2.25. The molecule has 4 aromatic rings. The molecule has 15 nitrogen and oxygen atoms in total. The van der Waals surface area contributed by atoms with E-state index in [9.17, 15) is 23.2 Å². The maximum absolute atomic E-state index is 12.7. The summed E-state index contributed by atoms with van der Waals surface area (Å²) in [5.41, 5.74) is -0.796. The fourth-order valence-corrected chi connectivity index (χ4v) is 4.18. The molecular weight excluding hydrogens is 474 g/mol. The predicted octanol–water partition coefficient (Wildman–Crippen LogP) is -0.708. The van der Waals surface area contributed by atoms with Crippen molar-refractivity contribution in [3.63, 3.8) is 0 Å². The van der Waals surface area contributed by atoms with Crippen molar-refractivity contribution in [1.82, 2.24) is 29.5 Å². The van der Waals surface area contributed by atoms with Crippen molar-refractivity contribution >= 4 is 21.5 Å². The molecule has 1 atom stereocenters. The summed E-state index contributed by atoms with van der Waals surface area (Å²) in [4.78, 5) is 27.9. The summed E-state index contributed by atoms with van der Waals surface area (Å²) in [7, 11) is -2.85. The van der Waals surface area contributed by atoms with Gasteiger partial charge >= 0.3 is 22.6 Å². The van der Waals surface area contributed by atoms with Crippen LogP contribution < -0.4 is 15.3 Å². The lowest BCUT2D eigenvalue weighted by Gasteiger charge is -2.12. The number of fused-ring (bicyclic) bond motifs is 1.